The largest absolute Gasteiger partial charge is 0.416 e. The summed E-state index contributed by atoms with van der Waals surface area (Å²) in [5.41, 5.74) is 4.31. The number of halogens is 4. The lowest BCUT2D eigenvalue weighted by Gasteiger charge is -2.27. The van der Waals surface area contributed by atoms with Crippen molar-refractivity contribution >= 4 is 23.3 Å². The standard InChI is InChI=1S/C19H17F4N3O3/c20-16-6-5-14(11-15(16)17(27)25-7-9-29-10-8-25)26(18(24)28)13-3-1-12(2-4-13)19(21,22)23/h1-6,11H,7-10H2,(H2,24,28). The van der Waals surface area contributed by atoms with Gasteiger partial charge in [0.1, 0.15) is 5.82 Å². The number of nitrogens with zero attached hydrogens (tertiary/aromatic N) is 2. The van der Waals surface area contributed by atoms with E-state index in [4.69, 9.17) is 10.5 Å². The molecule has 1 fully saturated rings. The van der Waals surface area contributed by atoms with Crippen LogP contribution in [0.5, 0.6) is 0 Å². The molecule has 0 aliphatic carbocycles. The molecule has 1 aliphatic rings. The first-order valence-electron chi connectivity index (χ1n) is 8.62. The Balaban J connectivity index is 1.96. The quantitative estimate of drug-likeness (QED) is 0.786. The van der Waals surface area contributed by atoms with E-state index >= 15 is 0 Å². The van der Waals surface area contributed by atoms with Crippen LogP contribution in [0.2, 0.25) is 0 Å². The summed E-state index contributed by atoms with van der Waals surface area (Å²) in [5.74, 6) is -1.37. The Morgan fingerprint density at radius 3 is 2.14 bits per heavy atom. The maximum absolute atomic E-state index is 14.3. The molecule has 0 atom stereocenters. The van der Waals surface area contributed by atoms with E-state index in [0.717, 1.165) is 41.3 Å². The summed E-state index contributed by atoms with van der Waals surface area (Å²) in [6.45, 7) is 1.24. The van der Waals surface area contributed by atoms with Crippen molar-refractivity contribution in [3.05, 3.63) is 59.4 Å². The van der Waals surface area contributed by atoms with Gasteiger partial charge in [-0.15, -0.1) is 0 Å². The molecule has 1 saturated heterocycles. The van der Waals surface area contributed by atoms with Crippen molar-refractivity contribution in [2.24, 2.45) is 5.73 Å². The Kier molecular flexibility index (Phi) is 5.73. The molecular weight excluding hydrogens is 394 g/mol. The number of hydrogen-bond acceptors (Lipinski definition) is 3. The number of morpholine rings is 1. The third-order valence-corrected chi connectivity index (χ3v) is 4.41. The highest BCUT2D eigenvalue weighted by molar-refractivity contribution is 6.01. The predicted octanol–water partition coefficient (Wildman–Crippen LogP) is 3.53. The van der Waals surface area contributed by atoms with Crippen molar-refractivity contribution in [3.63, 3.8) is 0 Å². The zero-order chi connectivity index (χ0) is 21.2. The molecule has 0 saturated carbocycles. The minimum atomic E-state index is -4.54. The van der Waals surface area contributed by atoms with Gasteiger partial charge in [0, 0.05) is 13.1 Å². The molecular formula is C19H17F4N3O3. The van der Waals surface area contributed by atoms with Gasteiger partial charge in [0.2, 0.25) is 0 Å². The maximum atomic E-state index is 14.3. The van der Waals surface area contributed by atoms with Crippen LogP contribution >= 0.6 is 0 Å². The molecule has 0 unspecified atom stereocenters. The average molecular weight is 411 g/mol. The normalized spacial score (nSPS) is 14.6. The average Bonchev–Trinajstić information content (AvgIpc) is 2.69. The highest BCUT2D eigenvalue weighted by atomic mass is 19.4. The number of amides is 3. The molecule has 0 bridgehead atoms. The molecule has 29 heavy (non-hydrogen) atoms. The molecule has 3 amide bonds. The summed E-state index contributed by atoms with van der Waals surface area (Å²) in [5, 5.41) is 0. The van der Waals surface area contributed by atoms with Crippen LogP contribution in [0.1, 0.15) is 15.9 Å². The number of urea groups is 1. The number of carbonyl (C=O) groups excluding carboxylic acids is 2. The molecule has 2 aromatic carbocycles. The SMILES string of the molecule is NC(=O)N(c1ccc(C(F)(F)F)cc1)c1ccc(F)c(C(=O)N2CCOCC2)c1. The van der Waals surface area contributed by atoms with Crippen LogP contribution in [0.4, 0.5) is 33.7 Å². The van der Waals surface area contributed by atoms with Crippen molar-refractivity contribution in [2.75, 3.05) is 31.2 Å². The van der Waals surface area contributed by atoms with E-state index in [1.54, 1.807) is 0 Å². The van der Waals surface area contributed by atoms with Crippen LogP contribution in [0.3, 0.4) is 0 Å². The monoisotopic (exact) mass is 411 g/mol. The summed E-state index contributed by atoms with van der Waals surface area (Å²) in [7, 11) is 0. The summed E-state index contributed by atoms with van der Waals surface area (Å²) in [6, 6.07) is 6.11. The Morgan fingerprint density at radius 1 is 1.00 bits per heavy atom. The van der Waals surface area contributed by atoms with Gasteiger partial charge in [-0.2, -0.15) is 13.2 Å². The molecule has 6 nitrogen and oxygen atoms in total. The maximum Gasteiger partial charge on any atom is 0.416 e. The molecule has 0 aromatic heterocycles. The Labute approximate surface area is 163 Å². The van der Waals surface area contributed by atoms with Crippen LogP contribution in [0, 0.1) is 5.82 Å². The van der Waals surface area contributed by atoms with Gasteiger partial charge in [-0.3, -0.25) is 9.69 Å². The fraction of sp³-hybridized carbons (Fsp3) is 0.263. The molecule has 0 spiro atoms. The van der Waals surface area contributed by atoms with Crippen molar-refractivity contribution in [1.82, 2.24) is 4.90 Å². The summed E-state index contributed by atoms with van der Waals surface area (Å²) < 4.78 is 57.8. The van der Waals surface area contributed by atoms with Crippen molar-refractivity contribution in [1.29, 1.82) is 0 Å². The van der Waals surface area contributed by atoms with Gasteiger partial charge in [-0.1, -0.05) is 0 Å². The third-order valence-electron chi connectivity index (χ3n) is 4.41. The van der Waals surface area contributed by atoms with Crippen LogP contribution in [-0.2, 0) is 10.9 Å². The minimum absolute atomic E-state index is 0.0434. The molecule has 2 aromatic rings. The Bertz CT molecular complexity index is 910. The first-order valence-corrected chi connectivity index (χ1v) is 8.62. The van der Waals surface area contributed by atoms with Gasteiger partial charge in [-0.05, 0) is 42.5 Å². The number of anilines is 2. The lowest BCUT2D eigenvalue weighted by atomic mass is 10.1. The Hall–Kier alpha value is -3.14. The van der Waals surface area contributed by atoms with E-state index in [0.29, 0.717) is 26.3 Å². The molecule has 1 aliphatic heterocycles. The lowest BCUT2D eigenvalue weighted by Crippen LogP contribution is -2.41. The molecule has 3 rings (SSSR count). The van der Waals surface area contributed by atoms with Gasteiger partial charge < -0.3 is 15.4 Å². The minimum Gasteiger partial charge on any atom is -0.378 e. The number of rotatable bonds is 3. The summed E-state index contributed by atoms with van der Waals surface area (Å²) in [6.07, 6.45) is -4.54. The fourth-order valence-corrected chi connectivity index (χ4v) is 2.96. The van der Waals surface area contributed by atoms with Crippen LogP contribution in [0.15, 0.2) is 42.5 Å². The second-order valence-corrected chi connectivity index (χ2v) is 6.29. The fourth-order valence-electron chi connectivity index (χ4n) is 2.96. The zero-order valence-electron chi connectivity index (χ0n) is 15.1. The topological polar surface area (TPSA) is 75.9 Å². The van der Waals surface area contributed by atoms with E-state index in [2.05, 4.69) is 0 Å². The van der Waals surface area contributed by atoms with Crippen molar-refractivity contribution in [3.8, 4) is 0 Å². The summed E-state index contributed by atoms with van der Waals surface area (Å²) in [4.78, 5) is 26.9. The van der Waals surface area contributed by atoms with E-state index in [1.165, 1.54) is 11.0 Å². The molecule has 2 N–H and O–H groups in total. The number of alkyl halides is 3. The zero-order valence-corrected chi connectivity index (χ0v) is 15.1. The van der Waals surface area contributed by atoms with E-state index < -0.39 is 29.5 Å². The predicted molar refractivity (Wildman–Crippen MR) is 96.3 cm³/mol. The second-order valence-electron chi connectivity index (χ2n) is 6.29. The number of primary amides is 1. The molecule has 0 radical (unpaired) electrons. The second kappa shape index (κ2) is 8.08. The number of benzene rings is 2. The first kappa shape index (κ1) is 20.6. The van der Waals surface area contributed by atoms with Crippen molar-refractivity contribution in [2.45, 2.75) is 6.18 Å². The summed E-state index contributed by atoms with van der Waals surface area (Å²) >= 11 is 0. The number of hydrogen-bond donors (Lipinski definition) is 1. The van der Waals surface area contributed by atoms with Crippen molar-refractivity contribution < 1.29 is 31.9 Å². The van der Waals surface area contributed by atoms with E-state index in [9.17, 15) is 27.2 Å². The number of carbonyl (C=O) groups is 2. The van der Waals surface area contributed by atoms with E-state index in [-0.39, 0.29) is 16.9 Å². The van der Waals surface area contributed by atoms with Crippen LogP contribution in [0.25, 0.3) is 0 Å². The number of nitrogens with two attached hydrogens (primary N) is 1. The Morgan fingerprint density at radius 2 is 1.59 bits per heavy atom. The van der Waals surface area contributed by atoms with Gasteiger partial charge in [0.15, 0.2) is 0 Å². The van der Waals surface area contributed by atoms with Crippen LogP contribution in [-0.4, -0.2) is 43.1 Å². The molecule has 1 heterocycles. The van der Waals surface area contributed by atoms with E-state index in [1.807, 2.05) is 0 Å². The van der Waals surface area contributed by atoms with Gasteiger partial charge in [-0.25, -0.2) is 9.18 Å². The highest BCUT2D eigenvalue weighted by Gasteiger charge is 2.30. The van der Waals surface area contributed by atoms with Crippen LogP contribution < -0.4 is 10.6 Å². The molecule has 154 valence electrons. The first-order chi connectivity index (χ1) is 13.7. The highest BCUT2D eigenvalue weighted by Crippen LogP contribution is 2.33. The smallest absolute Gasteiger partial charge is 0.378 e. The third kappa shape index (κ3) is 4.48. The molecule has 10 heteroatoms. The van der Waals surface area contributed by atoms with Gasteiger partial charge in [0.05, 0.1) is 35.7 Å². The number of ether oxygens (including phenoxy) is 1. The van der Waals surface area contributed by atoms with Gasteiger partial charge in [0.25, 0.3) is 5.91 Å². The van der Waals surface area contributed by atoms with Gasteiger partial charge >= 0.3 is 12.2 Å². The lowest BCUT2D eigenvalue weighted by molar-refractivity contribution is -0.137.